The molecule has 0 fully saturated rings. The molecule has 0 saturated heterocycles. The van der Waals surface area contributed by atoms with Gasteiger partial charge in [-0.05, 0) is 25.4 Å². The quantitative estimate of drug-likeness (QED) is 0.796. The van der Waals surface area contributed by atoms with Crippen molar-refractivity contribution in [1.82, 2.24) is 9.97 Å². The molecule has 0 unspecified atom stereocenters. The van der Waals surface area contributed by atoms with Crippen LogP contribution in [0.2, 0.25) is 5.28 Å². The lowest BCUT2D eigenvalue weighted by molar-refractivity contribution is -0.140. The Morgan fingerprint density at radius 2 is 1.88 bits per heavy atom. The van der Waals surface area contributed by atoms with Crippen molar-refractivity contribution in [2.45, 2.75) is 26.1 Å². The first-order valence-corrected chi connectivity index (χ1v) is 4.76. The highest BCUT2D eigenvalue weighted by Crippen LogP contribution is 2.35. The number of hydrogen-bond acceptors (Lipinski definition) is 4. The molecule has 1 rings (SSSR count). The van der Waals surface area contributed by atoms with Gasteiger partial charge in [-0.2, -0.15) is 18.2 Å². The van der Waals surface area contributed by atoms with Crippen LogP contribution in [0.5, 0.6) is 0 Å². The normalized spacial score (nSPS) is 11.9. The van der Waals surface area contributed by atoms with Gasteiger partial charge in [0.2, 0.25) is 5.28 Å². The van der Waals surface area contributed by atoms with E-state index in [-0.39, 0.29) is 11.9 Å². The summed E-state index contributed by atoms with van der Waals surface area (Å²) in [7, 11) is 0. The van der Waals surface area contributed by atoms with Crippen LogP contribution in [-0.4, -0.2) is 16.0 Å². The first-order valence-electron chi connectivity index (χ1n) is 4.38. The number of hydrogen-bond donors (Lipinski definition) is 2. The summed E-state index contributed by atoms with van der Waals surface area (Å²) in [6.07, 6.45) is -4.65. The molecular weight excluding hydrogens is 245 g/mol. The SMILES string of the molecule is CC(C)Nc1nc(Cl)nc(C(F)(F)F)c1N. The van der Waals surface area contributed by atoms with Gasteiger partial charge in [-0.25, -0.2) is 4.98 Å². The van der Waals surface area contributed by atoms with Gasteiger partial charge in [0, 0.05) is 6.04 Å². The predicted molar refractivity (Wildman–Crippen MR) is 55.2 cm³/mol. The molecule has 0 amide bonds. The third-order valence-electron chi connectivity index (χ3n) is 1.61. The monoisotopic (exact) mass is 254 g/mol. The van der Waals surface area contributed by atoms with Crippen molar-refractivity contribution < 1.29 is 13.2 Å². The van der Waals surface area contributed by atoms with E-state index in [1.54, 1.807) is 13.8 Å². The maximum atomic E-state index is 12.5. The minimum absolute atomic E-state index is 0.109. The molecule has 0 aliphatic rings. The summed E-state index contributed by atoms with van der Waals surface area (Å²) in [6.45, 7) is 3.48. The number of nitrogen functional groups attached to an aromatic ring is 1. The van der Waals surface area contributed by atoms with E-state index in [2.05, 4.69) is 15.3 Å². The number of halogens is 4. The van der Waals surface area contributed by atoms with Crippen molar-refractivity contribution in [3.63, 3.8) is 0 Å². The van der Waals surface area contributed by atoms with Gasteiger partial charge in [0.05, 0.1) is 0 Å². The van der Waals surface area contributed by atoms with E-state index in [1.807, 2.05) is 0 Å². The zero-order chi connectivity index (χ0) is 12.5. The molecule has 0 radical (unpaired) electrons. The minimum Gasteiger partial charge on any atom is -0.394 e. The third kappa shape index (κ3) is 2.88. The summed E-state index contributed by atoms with van der Waals surface area (Å²) >= 11 is 5.39. The van der Waals surface area contributed by atoms with Crippen molar-refractivity contribution in [3.05, 3.63) is 11.0 Å². The van der Waals surface area contributed by atoms with Gasteiger partial charge >= 0.3 is 6.18 Å². The van der Waals surface area contributed by atoms with Crippen molar-refractivity contribution in [1.29, 1.82) is 0 Å². The molecule has 0 aliphatic heterocycles. The summed E-state index contributed by atoms with van der Waals surface area (Å²) in [5.74, 6) is -0.109. The standard InChI is InChI=1S/C8H10ClF3N4/c1-3(2)14-6-4(13)5(8(10,11)12)15-7(9)16-6/h3H,13H2,1-2H3,(H,14,15,16). The van der Waals surface area contributed by atoms with Crippen LogP contribution in [0.4, 0.5) is 24.7 Å². The van der Waals surface area contributed by atoms with Crippen LogP contribution < -0.4 is 11.1 Å². The predicted octanol–water partition coefficient (Wildman–Crippen LogP) is 2.55. The molecule has 16 heavy (non-hydrogen) atoms. The molecule has 0 aromatic carbocycles. The van der Waals surface area contributed by atoms with Gasteiger partial charge < -0.3 is 11.1 Å². The second-order valence-electron chi connectivity index (χ2n) is 3.40. The number of nitrogens with zero attached hydrogens (tertiary/aromatic N) is 2. The van der Waals surface area contributed by atoms with Crippen LogP contribution in [0.25, 0.3) is 0 Å². The summed E-state index contributed by atoms with van der Waals surface area (Å²) in [5.41, 5.74) is 3.54. The van der Waals surface area contributed by atoms with Gasteiger partial charge in [-0.15, -0.1) is 0 Å². The zero-order valence-corrected chi connectivity index (χ0v) is 9.32. The lowest BCUT2D eigenvalue weighted by Gasteiger charge is -2.15. The van der Waals surface area contributed by atoms with Gasteiger partial charge in [0.15, 0.2) is 11.5 Å². The Labute approximate surface area is 95.0 Å². The van der Waals surface area contributed by atoms with E-state index in [0.717, 1.165) is 0 Å². The second-order valence-corrected chi connectivity index (χ2v) is 3.74. The molecule has 0 bridgehead atoms. The lowest BCUT2D eigenvalue weighted by Crippen LogP contribution is -2.18. The molecule has 0 spiro atoms. The Morgan fingerprint density at radius 1 is 1.31 bits per heavy atom. The molecular formula is C8H10ClF3N4. The van der Waals surface area contributed by atoms with Gasteiger partial charge in [0.25, 0.3) is 0 Å². The van der Waals surface area contributed by atoms with E-state index in [0.29, 0.717) is 0 Å². The van der Waals surface area contributed by atoms with Crippen LogP contribution in [0.15, 0.2) is 0 Å². The van der Waals surface area contributed by atoms with E-state index in [9.17, 15) is 13.2 Å². The Kier molecular flexibility index (Phi) is 3.47. The van der Waals surface area contributed by atoms with Gasteiger partial charge in [-0.3, -0.25) is 0 Å². The fraction of sp³-hybridized carbons (Fsp3) is 0.500. The van der Waals surface area contributed by atoms with Crippen LogP contribution in [0.1, 0.15) is 19.5 Å². The smallest absolute Gasteiger partial charge is 0.394 e. The maximum Gasteiger partial charge on any atom is 0.435 e. The Morgan fingerprint density at radius 3 is 2.31 bits per heavy atom. The second kappa shape index (κ2) is 4.32. The van der Waals surface area contributed by atoms with Crippen LogP contribution in [0, 0.1) is 0 Å². The third-order valence-corrected chi connectivity index (χ3v) is 1.78. The van der Waals surface area contributed by atoms with E-state index in [4.69, 9.17) is 17.3 Å². The van der Waals surface area contributed by atoms with Crippen molar-refractivity contribution >= 4 is 23.1 Å². The van der Waals surface area contributed by atoms with E-state index in [1.165, 1.54) is 0 Å². The molecule has 0 atom stereocenters. The number of alkyl halides is 3. The largest absolute Gasteiger partial charge is 0.435 e. The number of nitrogens with one attached hydrogen (secondary N) is 1. The summed E-state index contributed by atoms with van der Waals surface area (Å²) in [6, 6.07) is -0.116. The minimum atomic E-state index is -4.65. The van der Waals surface area contributed by atoms with Crippen molar-refractivity contribution in [2.24, 2.45) is 0 Å². The van der Waals surface area contributed by atoms with Crippen LogP contribution >= 0.6 is 11.6 Å². The molecule has 1 aromatic heterocycles. The molecule has 1 heterocycles. The van der Waals surface area contributed by atoms with E-state index >= 15 is 0 Å². The average molecular weight is 255 g/mol. The van der Waals surface area contributed by atoms with E-state index < -0.39 is 22.8 Å². The Hall–Kier alpha value is -1.24. The Balaban J connectivity index is 3.26. The van der Waals surface area contributed by atoms with Crippen LogP contribution in [0.3, 0.4) is 0 Å². The fourth-order valence-electron chi connectivity index (χ4n) is 1.04. The number of nitrogens with two attached hydrogens (primary N) is 1. The van der Waals surface area contributed by atoms with Crippen molar-refractivity contribution in [2.75, 3.05) is 11.1 Å². The topological polar surface area (TPSA) is 63.8 Å². The first-order chi connectivity index (χ1) is 7.21. The maximum absolute atomic E-state index is 12.5. The molecule has 1 aromatic rings. The summed E-state index contributed by atoms with van der Waals surface area (Å²) < 4.78 is 37.5. The van der Waals surface area contributed by atoms with Crippen LogP contribution in [-0.2, 0) is 6.18 Å². The molecule has 8 heteroatoms. The molecule has 0 saturated carbocycles. The number of aromatic nitrogens is 2. The molecule has 3 N–H and O–H groups in total. The molecule has 90 valence electrons. The van der Waals surface area contributed by atoms with Gasteiger partial charge in [-0.1, -0.05) is 0 Å². The average Bonchev–Trinajstić information content (AvgIpc) is 2.07. The molecule has 4 nitrogen and oxygen atoms in total. The van der Waals surface area contributed by atoms with Gasteiger partial charge in [0.1, 0.15) is 5.69 Å². The highest BCUT2D eigenvalue weighted by Gasteiger charge is 2.37. The number of rotatable bonds is 2. The molecule has 0 aliphatic carbocycles. The highest BCUT2D eigenvalue weighted by atomic mass is 35.5. The zero-order valence-electron chi connectivity index (χ0n) is 8.56. The first kappa shape index (κ1) is 12.8. The Bertz CT molecular complexity index is 392. The lowest BCUT2D eigenvalue weighted by atomic mass is 10.3. The van der Waals surface area contributed by atoms with Crippen molar-refractivity contribution in [3.8, 4) is 0 Å². The number of anilines is 2. The summed E-state index contributed by atoms with van der Waals surface area (Å²) in [4.78, 5) is 6.68. The highest BCUT2D eigenvalue weighted by molar-refractivity contribution is 6.28. The fourth-order valence-corrected chi connectivity index (χ4v) is 1.21. The summed E-state index contributed by atoms with van der Waals surface area (Å²) in [5, 5.41) is 2.17.